The van der Waals surface area contributed by atoms with Gasteiger partial charge in [0.15, 0.2) is 5.82 Å². The largest absolute Gasteiger partial charge is 0.457 e. The summed E-state index contributed by atoms with van der Waals surface area (Å²) in [6.45, 7) is 0. The molecule has 4 rings (SSSR count). The molecule has 1 heterocycles. The molecule has 1 aromatic heterocycles. The van der Waals surface area contributed by atoms with Gasteiger partial charge in [-0.05, 0) is 36.4 Å². The summed E-state index contributed by atoms with van der Waals surface area (Å²) in [5, 5.41) is 11.5. The van der Waals surface area contributed by atoms with Gasteiger partial charge in [-0.2, -0.15) is 0 Å². The molecule has 0 atom stereocenters. The standard InChI is InChI=1S/C22H19N5O2S/c23-27-21(16-7-3-1-4-8-16)25-26-22(27)30-15-20(28)24-17-11-13-19(14-12-17)29-18-9-5-2-6-10-18/h1-14H,15,23H2,(H,24,28). The number of carbonyl (C=O) groups excluding carboxylic acids is 1. The first-order valence-electron chi connectivity index (χ1n) is 9.20. The van der Waals surface area contributed by atoms with Crippen LogP contribution in [-0.2, 0) is 4.79 Å². The van der Waals surface area contributed by atoms with E-state index in [1.54, 1.807) is 24.3 Å². The number of hydrogen-bond acceptors (Lipinski definition) is 6. The molecule has 0 radical (unpaired) electrons. The smallest absolute Gasteiger partial charge is 0.234 e. The second-order valence-electron chi connectivity index (χ2n) is 6.32. The van der Waals surface area contributed by atoms with Crippen LogP contribution in [0, 0.1) is 0 Å². The van der Waals surface area contributed by atoms with Crippen LogP contribution in [0.4, 0.5) is 5.69 Å². The first-order valence-corrected chi connectivity index (χ1v) is 10.2. The van der Waals surface area contributed by atoms with Crippen molar-refractivity contribution in [2.45, 2.75) is 5.16 Å². The first kappa shape index (κ1) is 19.5. The molecule has 3 aromatic carbocycles. The van der Waals surface area contributed by atoms with Gasteiger partial charge in [-0.15, -0.1) is 10.2 Å². The number of thioether (sulfide) groups is 1. The number of anilines is 1. The van der Waals surface area contributed by atoms with Gasteiger partial charge in [0.25, 0.3) is 0 Å². The third kappa shape index (κ3) is 4.79. The second kappa shape index (κ2) is 9.15. The summed E-state index contributed by atoms with van der Waals surface area (Å²) in [6.07, 6.45) is 0. The normalized spacial score (nSPS) is 10.5. The highest BCUT2D eigenvalue weighted by Crippen LogP contribution is 2.24. The van der Waals surface area contributed by atoms with Crippen LogP contribution < -0.4 is 15.9 Å². The van der Waals surface area contributed by atoms with E-state index in [2.05, 4.69) is 15.5 Å². The van der Waals surface area contributed by atoms with Gasteiger partial charge in [-0.3, -0.25) is 4.79 Å². The van der Waals surface area contributed by atoms with Gasteiger partial charge in [0, 0.05) is 11.3 Å². The molecule has 0 unspecified atom stereocenters. The molecule has 30 heavy (non-hydrogen) atoms. The number of carbonyl (C=O) groups is 1. The van der Waals surface area contributed by atoms with E-state index in [0.717, 1.165) is 11.3 Å². The van der Waals surface area contributed by atoms with Gasteiger partial charge in [0.1, 0.15) is 11.5 Å². The highest BCUT2D eigenvalue weighted by molar-refractivity contribution is 7.99. The number of ether oxygens (including phenoxy) is 1. The number of benzene rings is 3. The van der Waals surface area contributed by atoms with Crippen molar-refractivity contribution in [3.8, 4) is 22.9 Å². The van der Waals surface area contributed by atoms with Crippen molar-refractivity contribution in [3.63, 3.8) is 0 Å². The van der Waals surface area contributed by atoms with Crippen LogP contribution in [0.3, 0.4) is 0 Å². The number of para-hydroxylation sites is 1. The Kier molecular flexibility index (Phi) is 5.95. The Morgan fingerprint density at radius 2 is 1.53 bits per heavy atom. The van der Waals surface area contributed by atoms with Gasteiger partial charge in [0.2, 0.25) is 11.1 Å². The van der Waals surface area contributed by atoms with Crippen molar-refractivity contribution in [1.29, 1.82) is 0 Å². The molecular formula is C22H19N5O2S. The maximum Gasteiger partial charge on any atom is 0.234 e. The number of nitrogens with zero attached hydrogens (tertiary/aromatic N) is 3. The monoisotopic (exact) mass is 417 g/mol. The molecule has 0 aliphatic carbocycles. The van der Waals surface area contributed by atoms with Crippen LogP contribution in [0.25, 0.3) is 11.4 Å². The van der Waals surface area contributed by atoms with E-state index < -0.39 is 0 Å². The summed E-state index contributed by atoms with van der Waals surface area (Å²) < 4.78 is 7.14. The fraction of sp³-hybridized carbons (Fsp3) is 0.0455. The summed E-state index contributed by atoms with van der Waals surface area (Å²) in [4.78, 5) is 12.3. The van der Waals surface area contributed by atoms with Crippen molar-refractivity contribution in [1.82, 2.24) is 14.9 Å². The molecule has 4 aromatic rings. The Hall–Kier alpha value is -3.78. The highest BCUT2D eigenvalue weighted by atomic mass is 32.2. The lowest BCUT2D eigenvalue weighted by Gasteiger charge is -2.08. The summed E-state index contributed by atoms with van der Waals surface area (Å²) in [5.74, 6) is 8.07. The fourth-order valence-electron chi connectivity index (χ4n) is 2.72. The molecule has 0 fully saturated rings. The molecule has 0 spiro atoms. The quantitative estimate of drug-likeness (QED) is 0.346. The molecule has 0 bridgehead atoms. The lowest BCUT2D eigenvalue weighted by atomic mass is 10.2. The second-order valence-corrected chi connectivity index (χ2v) is 7.26. The Labute approximate surface area is 177 Å². The maximum atomic E-state index is 12.3. The zero-order valence-corrected chi connectivity index (χ0v) is 16.8. The van der Waals surface area contributed by atoms with Gasteiger partial charge in [-0.1, -0.05) is 60.3 Å². The molecule has 3 N–H and O–H groups in total. The van der Waals surface area contributed by atoms with Gasteiger partial charge in [-0.25, -0.2) is 4.68 Å². The van der Waals surface area contributed by atoms with Crippen LogP contribution in [0.5, 0.6) is 11.5 Å². The predicted molar refractivity (Wildman–Crippen MR) is 118 cm³/mol. The van der Waals surface area contributed by atoms with Crippen LogP contribution in [0.15, 0.2) is 90.1 Å². The number of aromatic nitrogens is 3. The lowest BCUT2D eigenvalue weighted by Crippen LogP contribution is -2.16. The van der Waals surface area contributed by atoms with Crippen LogP contribution in [-0.4, -0.2) is 26.5 Å². The van der Waals surface area contributed by atoms with Gasteiger partial charge < -0.3 is 15.9 Å². The van der Waals surface area contributed by atoms with Crippen molar-refractivity contribution < 1.29 is 9.53 Å². The SMILES string of the molecule is Nn1c(SCC(=O)Nc2ccc(Oc3ccccc3)cc2)nnc1-c1ccccc1. The Morgan fingerprint density at radius 3 is 2.23 bits per heavy atom. The van der Waals surface area contributed by atoms with E-state index in [1.807, 2.05) is 60.7 Å². The van der Waals surface area contributed by atoms with Crippen molar-refractivity contribution in [3.05, 3.63) is 84.9 Å². The molecule has 1 amide bonds. The van der Waals surface area contributed by atoms with Crippen molar-refractivity contribution >= 4 is 23.4 Å². The molecule has 0 aliphatic rings. The van der Waals surface area contributed by atoms with Crippen LogP contribution in [0.2, 0.25) is 0 Å². The molecule has 150 valence electrons. The van der Waals surface area contributed by atoms with E-state index in [9.17, 15) is 4.79 Å². The van der Waals surface area contributed by atoms with E-state index in [0.29, 0.717) is 22.4 Å². The van der Waals surface area contributed by atoms with Crippen molar-refractivity contribution in [2.24, 2.45) is 0 Å². The number of nitrogen functional groups attached to an aromatic ring is 1. The third-order valence-corrected chi connectivity index (χ3v) is 5.09. The average Bonchev–Trinajstić information content (AvgIpc) is 3.15. The number of amides is 1. The number of nitrogens with one attached hydrogen (secondary N) is 1. The Balaban J connectivity index is 1.31. The highest BCUT2D eigenvalue weighted by Gasteiger charge is 2.13. The third-order valence-electron chi connectivity index (χ3n) is 4.15. The average molecular weight is 417 g/mol. The lowest BCUT2D eigenvalue weighted by molar-refractivity contribution is -0.113. The van der Waals surface area contributed by atoms with Crippen LogP contribution >= 0.6 is 11.8 Å². The van der Waals surface area contributed by atoms with Gasteiger partial charge in [0.05, 0.1) is 5.75 Å². The molecule has 8 heteroatoms. The Bertz CT molecular complexity index is 1120. The summed E-state index contributed by atoms with van der Waals surface area (Å²) in [7, 11) is 0. The summed E-state index contributed by atoms with van der Waals surface area (Å²) in [5.41, 5.74) is 1.54. The Morgan fingerprint density at radius 1 is 0.900 bits per heavy atom. The summed E-state index contributed by atoms with van der Waals surface area (Å²) in [6, 6.07) is 26.2. The zero-order chi connectivity index (χ0) is 20.8. The zero-order valence-electron chi connectivity index (χ0n) is 15.9. The van der Waals surface area contributed by atoms with Gasteiger partial charge >= 0.3 is 0 Å². The summed E-state index contributed by atoms with van der Waals surface area (Å²) >= 11 is 1.22. The predicted octanol–water partition coefficient (Wildman–Crippen LogP) is 4.18. The maximum absolute atomic E-state index is 12.3. The number of hydrogen-bond donors (Lipinski definition) is 2. The van der Waals surface area contributed by atoms with E-state index in [1.165, 1.54) is 16.4 Å². The minimum atomic E-state index is -0.166. The van der Waals surface area contributed by atoms with Crippen molar-refractivity contribution in [2.75, 3.05) is 16.9 Å². The molecule has 0 saturated carbocycles. The van der Waals surface area contributed by atoms with E-state index in [4.69, 9.17) is 10.6 Å². The molecular weight excluding hydrogens is 398 g/mol. The first-order chi connectivity index (χ1) is 14.7. The minimum Gasteiger partial charge on any atom is -0.457 e. The van der Waals surface area contributed by atoms with E-state index in [-0.39, 0.29) is 11.7 Å². The fourth-order valence-corrected chi connectivity index (χ4v) is 3.37. The molecule has 7 nitrogen and oxygen atoms in total. The minimum absolute atomic E-state index is 0.159. The van der Waals surface area contributed by atoms with Crippen LogP contribution in [0.1, 0.15) is 0 Å². The molecule has 0 aliphatic heterocycles. The number of nitrogens with two attached hydrogens (primary N) is 1. The number of rotatable bonds is 7. The van der Waals surface area contributed by atoms with E-state index >= 15 is 0 Å². The molecule has 0 saturated heterocycles. The topological polar surface area (TPSA) is 95.1 Å².